The smallest absolute Gasteiger partial charge is 0.419 e. The summed E-state index contributed by atoms with van der Waals surface area (Å²) in [5, 5.41) is 9.01. The van der Waals surface area contributed by atoms with Gasteiger partial charge in [0.2, 0.25) is 0 Å². The van der Waals surface area contributed by atoms with Crippen molar-refractivity contribution in [2.75, 3.05) is 19.7 Å². The first-order valence-electron chi connectivity index (χ1n) is 8.80. The molecule has 1 aliphatic rings. The van der Waals surface area contributed by atoms with E-state index in [9.17, 15) is 18.0 Å². The van der Waals surface area contributed by atoms with Crippen LogP contribution in [0.4, 0.5) is 13.2 Å². The summed E-state index contributed by atoms with van der Waals surface area (Å²) in [6.07, 6.45) is -4.55. The first-order valence-corrected chi connectivity index (χ1v) is 8.80. The Morgan fingerprint density at radius 3 is 2.54 bits per heavy atom. The number of aliphatic hydroxyl groups is 1. The van der Waals surface area contributed by atoms with Crippen molar-refractivity contribution in [3.05, 3.63) is 59.7 Å². The minimum Gasteiger partial charge on any atom is -0.488 e. The van der Waals surface area contributed by atoms with Gasteiger partial charge in [-0.15, -0.1) is 0 Å². The maximum absolute atomic E-state index is 13.1. The number of carbonyl (C=O) groups excluding carboxylic acids is 1. The first-order chi connectivity index (χ1) is 13.4. The Kier molecular flexibility index (Phi) is 6.08. The van der Waals surface area contributed by atoms with E-state index in [1.165, 1.54) is 23.1 Å². The molecule has 2 aromatic rings. The number of para-hydroxylation sites is 1. The quantitative estimate of drug-likeness (QED) is 0.816. The average molecular weight is 395 g/mol. The highest BCUT2D eigenvalue weighted by molar-refractivity contribution is 5.78. The molecule has 0 aliphatic carbocycles. The van der Waals surface area contributed by atoms with Crippen LogP contribution in [0, 0.1) is 0 Å². The van der Waals surface area contributed by atoms with Crippen molar-refractivity contribution in [2.24, 2.45) is 0 Å². The predicted octanol–water partition coefficient (Wildman–Crippen LogP) is 3.26. The number of hydrogen-bond donors (Lipinski definition) is 1. The number of alkyl halides is 3. The Bertz CT molecular complexity index is 808. The Morgan fingerprint density at radius 1 is 1.14 bits per heavy atom. The molecular weight excluding hydrogens is 375 g/mol. The van der Waals surface area contributed by atoms with Crippen molar-refractivity contribution < 1.29 is 32.5 Å². The van der Waals surface area contributed by atoms with Crippen LogP contribution in [0.3, 0.4) is 0 Å². The van der Waals surface area contributed by atoms with Gasteiger partial charge in [-0.1, -0.05) is 24.3 Å². The highest BCUT2D eigenvalue weighted by atomic mass is 19.4. The molecule has 150 valence electrons. The molecule has 0 saturated carbocycles. The van der Waals surface area contributed by atoms with Crippen LogP contribution in [-0.2, 0) is 17.6 Å². The van der Waals surface area contributed by atoms with Gasteiger partial charge in [-0.25, -0.2) is 0 Å². The Labute approximate surface area is 160 Å². The van der Waals surface area contributed by atoms with Crippen LogP contribution >= 0.6 is 0 Å². The van der Waals surface area contributed by atoms with Gasteiger partial charge in [0.25, 0.3) is 5.91 Å². The fourth-order valence-electron chi connectivity index (χ4n) is 2.96. The molecule has 1 heterocycles. The molecule has 1 fully saturated rings. The lowest BCUT2D eigenvalue weighted by atomic mass is 10.2. The zero-order chi connectivity index (χ0) is 20.1. The van der Waals surface area contributed by atoms with E-state index >= 15 is 0 Å². The van der Waals surface area contributed by atoms with Crippen LogP contribution in [0.25, 0.3) is 0 Å². The second-order valence-corrected chi connectivity index (χ2v) is 6.45. The number of rotatable bonds is 6. The van der Waals surface area contributed by atoms with E-state index in [0.29, 0.717) is 18.7 Å². The number of carbonyl (C=O) groups is 1. The van der Waals surface area contributed by atoms with Crippen LogP contribution in [0.5, 0.6) is 11.5 Å². The van der Waals surface area contributed by atoms with Crippen LogP contribution in [0.15, 0.2) is 48.5 Å². The molecule has 1 atom stereocenters. The highest BCUT2D eigenvalue weighted by Crippen LogP contribution is 2.36. The van der Waals surface area contributed by atoms with E-state index in [4.69, 9.17) is 14.6 Å². The molecule has 28 heavy (non-hydrogen) atoms. The Morgan fingerprint density at radius 2 is 1.86 bits per heavy atom. The summed E-state index contributed by atoms with van der Waals surface area (Å²) in [6.45, 7) is 0.346. The molecule has 8 heteroatoms. The van der Waals surface area contributed by atoms with Crippen LogP contribution in [0.1, 0.15) is 17.5 Å². The molecule has 0 unspecified atom stereocenters. The van der Waals surface area contributed by atoms with E-state index in [1.807, 2.05) is 0 Å². The lowest BCUT2D eigenvalue weighted by Gasteiger charge is -2.19. The van der Waals surface area contributed by atoms with Gasteiger partial charge in [0, 0.05) is 13.0 Å². The lowest BCUT2D eigenvalue weighted by Crippen LogP contribution is -2.34. The van der Waals surface area contributed by atoms with Crippen molar-refractivity contribution in [2.45, 2.75) is 25.3 Å². The van der Waals surface area contributed by atoms with Gasteiger partial charge in [0.15, 0.2) is 6.61 Å². The van der Waals surface area contributed by atoms with E-state index < -0.39 is 17.8 Å². The van der Waals surface area contributed by atoms with E-state index in [-0.39, 0.29) is 31.4 Å². The fourth-order valence-corrected chi connectivity index (χ4v) is 2.96. The molecule has 1 saturated heterocycles. The third-order valence-electron chi connectivity index (χ3n) is 4.45. The zero-order valence-electron chi connectivity index (χ0n) is 15.0. The van der Waals surface area contributed by atoms with Crippen molar-refractivity contribution in [1.82, 2.24) is 4.90 Å². The van der Waals surface area contributed by atoms with Gasteiger partial charge in [-0.3, -0.25) is 4.79 Å². The van der Waals surface area contributed by atoms with Gasteiger partial charge >= 0.3 is 6.18 Å². The van der Waals surface area contributed by atoms with Gasteiger partial charge in [0.1, 0.15) is 17.6 Å². The number of nitrogens with zero attached hydrogens (tertiary/aromatic N) is 1. The highest BCUT2D eigenvalue weighted by Gasteiger charge is 2.36. The Hall–Kier alpha value is -2.74. The van der Waals surface area contributed by atoms with E-state index in [1.54, 1.807) is 24.3 Å². The minimum atomic E-state index is -4.50. The van der Waals surface area contributed by atoms with Gasteiger partial charge in [0.05, 0.1) is 18.7 Å². The standard InChI is InChI=1S/C20H20F3NO4/c21-20(22,23)17-3-1-2-4-18(17)28-16-9-10-24(11-16)19(26)13-27-15-7-5-14(12-25)6-8-15/h1-8,16,25H,9-13H2/t16-/m0/s1. The third-order valence-corrected chi connectivity index (χ3v) is 4.45. The molecule has 1 N–H and O–H groups in total. The molecule has 1 amide bonds. The summed E-state index contributed by atoms with van der Waals surface area (Å²) in [6, 6.07) is 11.7. The number of hydrogen-bond acceptors (Lipinski definition) is 4. The van der Waals surface area contributed by atoms with E-state index in [2.05, 4.69) is 0 Å². The number of ether oxygens (including phenoxy) is 2. The minimum absolute atomic E-state index is 0.0775. The van der Waals surface area contributed by atoms with E-state index in [0.717, 1.165) is 11.6 Å². The van der Waals surface area contributed by atoms with Crippen molar-refractivity contribution in [3.8, 4) is 11.5 Å². The number of benzene rings is 2. The van der Waals surface area contributed by atoms with Crippen LogP contribution in [-0.4, -0.2) is 41.7 Å². The maximum Gasteiger partial charge on any atom is 0.419 e. The molecule has 3 rings (SSSR count). The summed E-state index contributed by atoms with van der Waals surface area (Å²) in [5.74, 6) is 0.00705. The number of aliphatic hydroxyl groups excluding tert-OH is 1. The summed E-state index contributed by atoms with van der Waals surface area (Å²) < 4.78 is 50.1. The fraction of sp³-hybridized carbons (Fsp3) is 0.350. The maximum atomic E-state index is 13.1. The molecule has 5 nitrogen and oxygen atoms in total. The summed E-state index contributed by atoms with van der Waals surface area (Å²) >= 11 is 0. The summed E-state index contributed by atoms with van der Waals surface area (Å²) in [4.78, 5) is 13.8. The summed E-state index contributed by atoms with van der Waals surface area (Å²) in [5.41, 5.74) is -0.0909. The van der Waals surface area contributed by atoms with Gasteiger partial charge in [-0.2, -0.15) is 13.2 Å². The number of amides is 1. The predicted molar refractivity (Wildman–Crippen MR) is 94.9 cm³/mol. The average Bonchev–Trinajstić information content (AvgIpc) is 3.14. The first kappa shape index (κ1) is 20.0. The molecule has 0 bridgehead atoms. The molecule has 2 aromatic carbocycles. The lowest BCUT2D eigenvalue weighted by molar-refractivity contribution is -0.139. The normalized spacial score (nSPS) is 16.9. The number of halogens is 3. The molecular formula is C20H20F3NO4. The van der Waals surface area contributed by atoms with Crippen molar-refractivity contribution in [3.63, 3.8) is 0 Å². The monoisotopic (exact) mass is 395 g/mol. The second kappa shape index (κ2) is 8.52. The van der Waals surface area contributed by atoms with Crippen molar-refractivity contribution >= 4 is 5.91 Å². The van der Waals surface area contributed by atoms with Crippen molar-refractivity contribution in [1.29, 1.82) is 0 Å². The number of likely N-dealkylation sites (tertiary alicyclic amines) is 1. The topological polar surface area (TPSA) is 59.0 Å². The van der Waals surface area contributed by atoms with Gasteiger partial charge < -0.3 is 19.5 Å². The third kappa shape index (κ3) is 4.95. The molecule has 0 aromatic heterocycles. The van der Waals surface area contributed by atoms with Crippen LogP contribution in [0.2, 0.25) is 0 Å². The summed E-state index contributed by atoms with van der Waals surface area (Å²) in [7, 11) is 0. The molecule has 0 radical (unpaired) electrons. The molecule has 0 spiro atoms. The second-order valence-electron chi connectivity index (χ2n) is 6.45. The Balaban J connectivity index is 1.53. The zero-order valence-corrected chi connectivity index (χ0v) is 15.0. The van der Waals surface area contributed by atoms with Gasteiger partial charge in [-0.05, 0) is 29.8 Å². The van der Waals surface area contributed by atoms with Crippen LogP contribution < -0.4 is 9.47 Å². The largest absolute Gasteiger partial charge is 0.488 e. The SMILES string of the molecule is O=C(COc1ccc(CO)cc1)N1CC[C@H](Oc2ccccc2C(F)(F)F)C1. The molecule has 1 aliphatic heterocycles.